The quantitative estimate of drug-likeness (QED) is 0.643. The van der Waals surface area contributed by atoms with Crippen LogP contribution in [0.5, 0.6) is 0 Å². The molecule has 0 unspecified atom stereocenters. The molecule has 0 amide bonds. The van der Waals surface area contributed by atoms with Crippen LogP contribution in [0, 0.1) is 0 Å². The van der Waals surface area contributed by atoms with Gasteiger partial charge in [-0.1, -0.05) is 13.8 Å². The Labute approximate surface area is 77.9 Å². The molecule has 0 aromatic carbocycles. The van der Waals surface area contributed by atoms with Gasteiger partial charge < -0.3 is 9.84 Å². The van der Waals surface area contributed by atoms with Gasteiger partial charge in [0.05, 0.1) is 12.8 Å². The van der Waals surface area contributed by atoms with Gasteiger partial charge in [-0.3, -0.25) is 9.59 Å². The average molecular weight is 188 g/mol. The zero-order chi connectivity index (χ0) is 10.3. The molecule has 0 spiro atoms. The molecule has 0 aromatic rings. The topological polar surface area (TPSA) is 63.6 Å². The molecule has 13 heavy (non-hydrogen) atoms. The lowest BCUT2D eigenvalue weighted by Gasteiger charge is -2.13. The van der Waals surface area contributed by atoms with E-state index in [0.717, 1.165) is 12.8 Å². The summed E-state index contributed by atoms with van der Waals surface area (Å²) >= 11 is 0. The average Bonchev–Trinajstić information content (AvgIpc) is 2.10. The van der Waals surface area contributed by atoms with Crippen LogP contribution in [0.3, 0.4) is 0 Å². The Hall–Kier alpha value is -1.06. The molecule has 0 saturated carbocycles. The van der Waals surface area contributed by atoms with Crippen LogP contribution in [-0.4, -0.2) is 23.1 Å². The molecule has 4 nitrogen and oxygen atoms in total. The van der Waals surface area contributed by atoms with Gasteiger partial charge in [0.15, 0.2) is 0 Å². The van der Waals surface area contributed by atoms with E-state index in [1.165, 1.54) is 0 Å². The molecule has 0 saturated heterocycles. The van der Waals surface area contributed by atoms with Crippen molar-refractivity contribution >= 4 is 11.9 Å². The number of esters is 1. The summed E-state index contributed by atoms with van der Waals surface area (Å²) in [6.45, 7) is 3.86. The first-order valence-corrected chi connectivity index (χ1v) is 4.51. The van der Waals surface area contributed by atoms with Crippen LogP contribution >= 0.6 is 0 Å². The predicted octanol–water partition coefficient (Wildman–Crippen LogP) is 1.58. The third kappa shape index (κ3) is 6.13. The lowest BCUT2D eigenvalue weighted by molar-refractivity contribution is -0.152. The van der Waals surface area contributed by atoms with Crippen molar-refractivity contribution < 1.29 is 19.4 Å². The number of carbonyl (C=O) groups excluding carboxylic acids is 1. The van der Waals surface area contributed by atoms with E-state index < -0.39 is 11.9 Å². The third-order valence-corrected chi connectivity index (χ3v) is 1.75. The lowest BCUT2D eigenvalue weighted by Crippen LogP contribution is -2.17. The lowest BCUT2D eigenvalue weighted by atomic mass is 10.2. The van der Waals surface area contributed by atoms with E-state index in [1.54, 1.807) is 0 Å². The number of aliphatic carboxylic acids is 1. The monoisotopic (exact) mass is 188 g/mol. The Kier molecular flexibility index (Phi) is 5.93. The summed E-state index contributed by atoms with van der Waals surface area (Å²) < 4.78 is 5.00. The standard InChI is InChI=1S/C9H16O4/c1-3-7(4-2)13-9(12)6-5-8(10)11/h7H,3-6H2,1-2H3,(H,10,11). The first-order valence-electron chi connectivity index (χ1n) is 4.51. The Morgan fingerprint density at radius 3 is 2.15 bits per heavy atom. The molecule has 0 aromatic heterocycles. The van der Waals surface area contributed by atoms with Crippen molar-refractivity contribution in [1.29, 1.82) is 0 Å². The summed E-state index contributed by atoms with van der Waals surface area (Å²) in [5.74, 6) is -1.39. The van der Waals surface area contributed by atoms with E-state index in [-0.39, 0.29) is 18.9 Å². The van der Waals surface area contributed by atoms with Crippen molar-refractivity contribution in [3.05, 3.63) is 0 Å². The van der Waals surface area contributed by atoms with Crippen LogP contribution in [0.2, 0.25) is 0 Å². The van der Waals surface area contributed by atoms with Crippen LogP contribution < -0.4 is 0 Å². The van der Waals surface area contributed by atoms with E-state index >= 15 is 0 Å². The molecule has 0 aliphatic heterocycles. The van der Waals surface area contributed by atoms with Crippen LogP contribution in [0.4, 0.5) is 0 Å². The van der Waals surface area contributed by atoms with Gasteiger partial charge in [-0.25, -0.2) is 0 Å². The summed E-state index contributed by atoms with van der Waals surface area (Å²) in [4.78, 5) is 21.1. The van der Waals surface area contributed by atoms with Gasteiger partial charge >= 0.3 is 11.9 Å². The molecule has 0 aliphatic rings. The minimum atomic E-state index is -0.971. The molecule has 1 N–H and O–H groups in total. The fraction of sp³-hybridized carbons (Fsp3) is 0.778. The summed E-state index contributed by atoms with van der Waals surface area (Å²) in [5.41, 5.74) is 0. The maximum atomic E-state index is 11.0. The Balaban J connectivity index is 3.66. The molecular formula is C9H16O4. The Morgan fingerprint density at radius 1 is 1.23 bits per heavy atom. The highest BCUT2D eigenvalue weighted by Gasteiger charge is 2.11. The van der Waals surface area contributed by atoms with Crippen LogP contribution in [0.15, 0.2) is 0 Å². The van der Waals surface area contributed by atoms with E-state index in [0.29, 0.717) is 0 Å². The normalized spacial score (nSPS) is 10.1. The first-order chi connectivity index (χ1) is 6.10. The number of rotatable bonds is 6. The highest BCUT2D eigenvalue weighted by atomic mass is 16.5. The Morgan fingerprint density at radius 2 is 1.77 bits per heavy atom. The van der Waals surface area contributed by atoms with Gasteiger partial charge in [-0.15, -0.1) is 0 Å². The molecule has 0 fully saturated rings. The van der Waals surface area contributed by atoms with E-state index in [4.69, 9.17) is 9.84 Å². The number of carbonyl (C=O) groups is 2. The molecule has 0 atom stereocenters. The van der Waals surface area contributed by atoms with E-state index in [2.05, 4.69) is 0 Å². The maximum absolute atomic E-state index is 11.0. The summed E-state index contributed by atoms with van der Waals surface area (Å²) in [5, 5.41) is 8.30. The minimum absolute atomic E-state index is 0.0359. The smallest absolute Gasteiger partial charge is 0.306 e. The molecule has 76 valence electrons. The number of carboxylic acids is 1. The van der Waals surface area contributed by atoms with Crippen molar-refractivity contribution in [2.24, 2.45) is 0 Å². The summed E-state index contributed by atoms with van der Waals surface area (Å²) in [6.07, 6.45) is 1.29. The van der Waals surface area contributed by atoms with Gasteiger partial charge in [-0.05, 0) is 12.8 Å². The minimum Gasteiger partial charge on any atom is -0.481 e. The highest BCUT2D eigenvalue weighted by molar-refractivity contribution is 5.76. The molecule has 0 aliphatic carbocycles. The predicted molar refractivity (Wildman–Crippen MR) is 47.3 cm³/mol. The van der Waals surface area contributed by atoms with Crippen LogP contribution in [0.25, 0.3) is 0 Å². The van der Waals surface area contributed by atoms with Crippen LogP contribution in [0.1, 0.15) is 39.5 Å². The van der Waals surface area contributed by atoms with E-state index in [1.807, 2.05) is 13.8 Å². The molecule has 0 rings (SSSR count). The van der Waals surface area contributed by atoms with Crippen molar-refractivity contribution in [3.8, 4) is 0 Å². The zero-order valence-electron chi connectivity index (χ0n) is 8.08. The molecule has 4 heteroatoms. The number of ether oxygens (including phenoxy) is 1. The molecule has 0 radical (unpaired) electrons. The van der Waals surface area contributed by atoms with Crippen molar-refractivity contribution in [2.45, 2.75) is 45.6 Å². The Bertz CT molecular complexity index is 172. The van der Waals surface area contributed by atoms with E-state index in [9.17, 15) is 9.59 Å². The third-order valence-electron chi connectivity index (χ3n) is 1.75. The zero-order valence-corrected chi connectivity index (χ0v) is 8.08. The second-order valence-corrected chi connectivity index (χ2v) is 2.82. The fourth-order valence-electron chi connectivity index (χ4n) is 0.909. The highest BCUT2D eigenvalue weighted by Crippen LogP contribution is 2.05. The SMILES string of the molecule is CCC(CC)OC(=O)CCC(=O)O. The maximum Gasteiger partial charge on any atom is 0.306 e. The van der Waals surface area contributed by atoms with Gasteiger partial charge in [-0.2, -0.15) is 0 Å². The summed E-state index contributed by atoms with van der Waals surface area (Å²) in [7, 11) is 0. The van der Waals surface area contributed by atoms with Gasteiger partial charge in [0.2, 0.25) is 0 Å². The second kappa shape index (κ2) is 6.46. The molecule has 0 bridgehead atoms. The number of hydrogen-bond acceptors (Lipinski definition) is 3. The summed E-state index contributed by atoms with van der Waals surface area (Å²) in [6, 6.07) is 0. The second-order valence-electron chi connectivity index (χ2n) is 2.82. The molecular weight excluding hydrogens is 172 g/mol. The van der Waals surface area contributed by atoms with Crippen LogP contribution in [-0.2, 0) is 14.3 Å². The number of carboxylic acid groups (broad SMARTS) is 1. The van der Waals surface area contributed by atoms with Crippen molar-refractivity contribution in [1.82, 2.24) is 0 Å². The fourth-order valence-corrected chi connectivity index (χ4v) is 0.909. The van der Waals surface area contributed by atoms with Gasteiger partial charge in [0, 0.05) is 0 Å². The van der Waals surface area contributed by atoms with Gasteiger partial charge in [0.1, 0.15) is 6.10 Å². The number of hydrogen-bond donors (Lipinski definition) is 1. The molecule has 0 heterocycles. The largest absolute Gasteiger partial charge is 0.481 e. The van der Waals surface area contributed by atoms with Gasteiger partial charge in [0.25, 0.3) is 0 Å². The van der Waals surface area contributed by atoms with Crippen molar-refractivity contribution in [3.63, 3.8) is 0 Å². The first kappa shape index (κ1) is 11.9. The van der Waals surface area contributed by atoms with Crippen molar-refractivity contribution in [2.75, 3.05) is 0 Å².